The van der Waals surface area contributed by atoms with E-state index in [9.17, 15) is 4.79 Å². The Labute approximate surface area is 167 Å². The summed E-state index contributed by atoms with van der Waals surface area (Å²) >= 11 is 6.24. The summed E-state index contributed by atoms with van der Waals surface area (Å²) in [7, 11) is 4.51. The fourth-order valence-corrected chi connectivity index (χ4v) is 2.85. The fraction of sp³-hybridized carbons (Fsp3) is 0.143. The van der Waals surface area contributed by atoms with E-state index in [1.165, 1.54) is 27.4 Å². The lowest BCUT2D eigenvalue weighted by Gasteiger charge is -2.13. The molecular formula is C21H18ClNO5. The van der Waals surface area contributed by atoms with Gasteiger partial charge in [0, 0.05) is 10.6 Å². The topological polar surface area (TPSA) is 66.4 Å². The number of ether oxygens (including phenoxy) is 4. The zero-order valence-corrected chi connectivity index (χ0v) is 16.3. The summed E-state index contributed by atoms with van der Waals surface area (Å²) in [5.74, 6) is 0.816. The van der Waals surface area contributed by atoms with Gasteiger partial charge >= 0.3 is 5.97 Å². The summed E-state index contributed by atoms with van der Waals surface area (Å²) in [5.41, 5.74) is 1.51. The molecule has 7 heteroatoms. The monoisotopic (exact) mass is 399 g/mol. The predicted molar refractivity (Wildman–Crippen MR) is 107 cm³/mol. The van der Waals surface area contributed by atoms with Gasteiger partial charge in [0.1, 0.15) is 0 Å². The second kappa shape index (κ2) is 8.63. The molecule has 0 spiro atoms. The summed E-state index contributed by atoms with van der Waals surface area (Å²) in [6.45, 7) is 0. The summed E-state index contributed by atoms with van der Waals surface area (Å²) in [6, 6.07) is 12.8. The number of methoxy groups -OCH3 is 3. The number of esters is 1. The van der Waals surface area contributed by atoms with Crippen LogP contribution in [0.4, 0.5) is 0 Å². The van der Waals surface area contributed by atoms with E-state index in [0.717, 1.165) is 5.56 Å². The molecule has 0 aliphatic carbocycles. The van der Waals surface area contributed by atoms with Crippen LogP contribution >= 0.6 is 11.6 Å². The summed E-state index contributed by atoms with van der Waals surface area (Å²) in [6.07, 6.45) is 3.19. The first-order valence-electron chi connectivity index (χ1n) is 8.31. The first-order chi connectivity index (χ1) is 13.5. The smallest absolute Gasteiger partial charge is 0.363 e. The highest BCUT2D eigenvalue weighted by atomic mass is 35.5. The number of carbonyl (C=O) groups is 1. The molecule has 2 aromatic carbocycles. The van der Waals surface area contributed by atoms with E-state index in [2.05, 4.69) is 4.99 Å². The summed E-state index contributed by atoms with van der Waals surface area (Å²) in [4.78, 5) is 16.5. The first kappa shape index (κ1) is 19.5. The normalized spacial score (nSPS) is 15.3. The second-order valence-electron chi connectivity index (χ2n) is 5.69. The molecular weight excluding hydrogens is 382 g/mol. The number of cyclic esters (lactones) is 1. The third-order valence-electron chi connectivity index (χ3n) is 3.91. The number of halogens is 1. The maximum absolute atomic E-state index is 12.2. The van der Waals surface area contributed by atoms with Crippen LogP contribution in [0.2, 0.25) is 0 Å². The number of aliphatic imine (C=N–C) groups is 1. The Kier molecular flexibility index (Phi) is 6.01. The minimum atomic E-state index is -0.594. The molecule has 0 aromatic heterocycles. The quantitative estimate of drug-likeness (QED) is 0.538. The van der Waals surface area contributed by atoms with E-state index in [4.69, 9.17) is 30.5 Å². The molecule has 0 amide bonds. The highest BCUT2D eigenvalue weighted by Crippen LogP contribution is 2.39. The van der Waals surface area contributed by atoms with Crippen molar-refractivity contribution in [2.45, 2.75) is 0 Å². The number of rotatable bonds is 6. The van der Waals surface area contributed by atoms with Crippen molar-refractivity contribution < 1.29 is 23.7 Å². The number of carbonyl (C=O) groups excluding carboxylic acids is 1. The van der Waals surface area contributed by atoms with Gasteiger partial charge in [-0.1, -0.05) is 41.9 Å². The van der Waals surface area contributed by atoms with Crippen LogP contribution in [0, 0.1) is 0 Å². The van der Waals surface area contributed by atoms with Crippen LogP contribution in [0.25, 0.3) is 6.08 Å². The van der Waals surface area contributed by atoms with Gasteiger partial charge in [-0.3, -0.25) is 0 Å². The molecule has 1 aliphatic heterocycles. The van der Waals surface area contributed by atoms with E-state index >= 15 is 0 Å². The molecule has 0 saturated carbocycles. The number of hydrogen-bond acceptors (Lipinski definition) is 6. The van der Waals surface area contributed by atoms with Gasteiger partial charge in [0.2, 0.25) is 11.6 Å². The van der Waals surface area contributed by atoms with Crippen molar-refractivity contribution in [2.75, 3.05) is 21.3 Å². The Balaban J connectivity index is 1.95. The molecule has 144 valence electrons. The summed E-state index contributed by atoms with van der Waals surface area (Å²) < 4.78 is 21.2. The molecule has 6 nitrogen and oxygen atoms in total. The van der Waals surface area contributed by atoms with E-state index in [1.54, 1.807) is 18.2 Å². The first-order valence-corrected chi connectivity index (χ1v) is 8.68. The van der Waals surface area contributed by atoms with Crippen molar-refractivity contribution in [3.63, 3.8) is 0 Å². The standard InChI is InChI=1S/C21H18ClNO5/c1-25-17-10-14(11-18(26-2)19(17)27-3)20-23-16(21(24)28-20)12-15(22)9-13-7-5-4-6-8-13/h4-12H,1-3H3. The average molecular weight is 400 g/mol. The molecule has 0 bridgehead atoms. The van der Waals surface area contributed by atoms with Gasteiger partial charge < -0.3 is 18.9 Å². The molecule has 0 unspecified atom stereocenters. The lowest BCUT2D eigenvalue weighted by molar-refractivity contribution is -0.130. The van der Waals surface area contributed by atoms with Crippen LogP contribution in [-0.4, -0.2) is 33.2 Å². The maximum atomic E-state index is 12.2. The average Bonchev–Trinajstić information content (AvgIpc) is 3.07. The molecule has 3 rings (SSSR count). The predicted octanol–water partition coefficient (Wildman–Crippen LogP) is 4.18. The number of nitrogens with zero attached hydrogens (tertiary/aromatic N) is 1. The number of benzene rings is 2. The Morgan fingerprint density at radius 2 is 1.68 bits per heavy atom. The maximum Gasteiger partial charge on any atom is 0.363 e. The molecule has 2 aromatic rings. The van der Waals surface area contributed by atoms with Gasteiger partial charge in [-0.15, -0.1) is 0 Å². The van der Waals surface area contributed by atoms with E-state index < -0.39 is 5.97 Å². The van der Waals surface area contributed by atoms with Crippen molar-refractivity contribution in [3.05, 3.63) is 70.4 Å². The van der Waals surface area contributed by atoms with Gasteiger partial charge in [-0.25, -0.2) is 9.79 Å². The minimum absolute atomic E-state index is 0.0981. The minimum Gasteiger partial charge on any atom is -0.493 e. The Morgan fingerprint density at radius 3 is 2.25 bits per heavy atom. The fourth-order valence-electron chi connectivity index (χ4n) is 2.62. The van der Waals surface area contributed by atoms with Crippen LogP contribution in [0.15, 0.2) is 64.3 Å². The molecule has 0 atom stereocenters. The molecule has 0 fully saturated rings. The summed E-state index contributed by atoms with van der Waals surface area (Å²) in [5, 5.41) is 0.355. The van der Waals surface area contributed by atoms with Crippen molar-refractivity contribution in [1.82, 2.24) is 0 Å². The van der Waals surface area contributed by atoms with Crippen molar-refractivity contribution >= 4 is 29.5 Å². The number of hydrogen-bond donors (Lipinski definition) is 0. The lowest BCUT2D eigenvalue weighted by Crippen LogP contribution is -2.07. The third-order valence-corrected chi connectivity index (χ3v) is 4.13. The van der Waals surface area contributed by atoms with Gasteiger partial charge in [-0.05, 0) is 29.8 Å². The molecule has 1 aliphatic rings. The highest BCUT2D eigenvalue weighted by Gasteiger charge is 2.26. The third kappa shape index (κ3) is 4.18. The Hall–Kier alpha value is -3.25. The molecule has 0 radical (unpaired) electrons. The van der Waals surface area contributed by atoms with Gasteiger partial charge in [0.15, 0.2) is 17.2 Å². The highest BCUT2D eigenvalue weighted by molar-refractivity contribution is 6.33. The number of allylic oxidation sites excluding steroid dienone is 2. The van der Waals surface area contributed by atoms with Crippen LogP contribution < -0.4 is 14.2 Å². The van der Waals surface area contributed by atoms with E-state index in [0.29, 0.717) is 27.8 Å². The van der Waals surface area contributed by atoms with Crippen LogP contribution in [0.1, 0.15) is 11.1 Å². The SMILES string of the molecule is COc1cc(C2=NC(=CC(Cl)=Cc3ccccc3)C(=O)O2)cc(OC)c1OC. The van der Waals surface area contributed by atoms with Gasteiger partial charge in [-0.2, -0.15) is 0 Å². The molecule has 1 heterocycles. The molecule has 0 N–H and O–H groups in total. The molecule has 28 heavy (non-hydrogen) atoms. The van der Waals surface area contributed by atoms with Gasteiger partial charge in [0.25, 0.3) is 0 Å². The Bertz CT molecular complexity index is 955. The largest absolute Gasteiger partial charge is 0.493 e. The van der Waals surface area contributed by atoms with Crippen molar-refractivity contribution in [1.29, 1.82) is 0 Å². The van der Waals surface area contributed by atoms with E-state index in [1.807, 2.05) is 30.3 Å². The zero-order valence-electron chi connectivity index (χ0n) is 15.6. The van der Waals surface area contributed by atoms with Crippen LogP contribution in [0.3, 0.4) is 0 Å². The molecule has 0 saturated heterocycles. The zero-order chi connectivity index (χ0) is 20.1. The van der Waals surface area contributed by atoms with Gasteiger partial charge in [0.05, 0.1) is 21.3 Å². The van der Waals surface area contributed by atoms with Crippen molar-refractivity contribution in [3.8, 4) is 17.2 Å². The lowest BCUT2D eigenvalue weighted by atomic mass is 10.1. The second-order valence-corrected chi connectivity index (χ2v) is 6.13. The van der Waals surface area contributed by atoms with E-state index in [-0.39, 0.29) is 11.6 Å². The Morgan fingerprint density at radius 1 is 1.04 bits per heavy atom. The van der Waals surface area contributed by atoms with Crippen LogP contribution in [-0.2, 0) is 9.53 Å². The van der Waals surface area contributed by atoms with Crippen LogP contribution in [0.5, 0.6) is 17.2 Å². The van der Waals surface area contributed by atoms with Crippen molar-refractivity contribution in [2.24, 2.45) is 4.99 Å².